The van der Waals surface area contributed by atoms with Crippen molar-refractivity contribution >= 4 is 28.9 Å². The predicted molar refractivity (Wildman–Crippen MR) is 85.6 cm³/mol. The van der Waals surface area contributed by atoms with Crippen LogP contribution < -0.4 is 9.47 Å². The van der Waals surface area contributed by atoms with Crippen LogP contribution in [-0.2, 0) is 0 Å². The highest BCUT2D eigenvalue weighted by Crippen LogP contribution is 2.34. The Bertz CT molecular complexity index is 691. The van der Waals surface area contributed by atoms with Crippen molar-refractivity contribution in [1.82, 2.24) is 0 Å². The first-order valence-corrected chi connectivity index (χ1v) is 7.33. The van der Waals surface area contributed by atoms with E-state index in [1.165, 1.54) is 18.2 Å². The minimum atomic E-state index is -0.513. The second kappa shape index (κ2) is 7.33. The summed E-state index contributed by atoms with van der Waals surface area (Å²) < 4.78 is 11.0. The van der Waals surface area contributed by atoms with E-state index in [-0.39, 0.29) is 23.9 Å². The molecule has 7 heteroatoms. The predicted octanol–water partition coefficient (Wildman–Crippen LogP) is 4.97. The van der Waals surface area contributed by atoms with Crippen molar-refractivity contribution in [2.45, 2.75) is 6.92 Å². The Morgan fingerprint density at radius 2 is 1.95 bits per heavy atom. The first-order valence-electron chi connectivity index (χ1n) is 6.42. The summed E-state index contributed by atoms with van der Waals surface area (Å²) in [5, 5.41) is 11.6. The summed E-state index contributed by atoms with van der Waals surface area (Å²) in [5.74, 6) is 1.40. The number of nitro groups is 1. The third-order valence-corrected chi connectivity index (χ3v) is 3.22. The minimum Gasteiger partial charge on any atom is -0.485 e. The molecule has 0 saturated carbocycles. The van der Waals surface area contributed by atoms with Gasteiger partial charge in [0.05, 0.1) is 10.8 Å². The smallest absolute Gasteiger partial charge is 0.311 e. The number of alkyl halides is 1. The molecule has 0 atom stereocenters. The van der Waals surface area contributed by atoms with E-state index in [1.807, 2.05) is 6.92 Å². The second-order valence-corrected chi connectivity index (χ2v) is 5.25. The van der Waals surface area contributed by atoms with Crippen molar-refractivity contribution in [3.05, 3.63) is 57.1 Å². The maximum atomic E-state index is 11.0. The molecule has 0 heterocycles. The zero-order valence-corrected chi connectivity index (χ0v) is 13.2. The van der Waals surface area contributed by atoms with E-state index >= 15 is 0 Å². The topological polar surface area (TPSA) is 61.6 Å². The molecule has 0 aliphatic carbocycles. The van der Waals surface area contributed by atoms with E-state index in [9.17, 15) is 10.1 Å². The van der Waals surface area contributed by atoms with Crippen molar-refractivity contribution in [3.63, 3.8) is 0 Å². The molecule has 0 N–H and O–H groups in total. The van der Waals surface area contributed by atoms with E-state index < -0.39 is 4.92 Å². The zero-order valence-electron chi connectivity index (χ0n) is 11.7. The number of benzene rings is 2. The van der Waals surface area contributed by atoms with Gasteiger partial charge in [-0.1, -0.05) is 11.6 Å². The largest absolute Gasteiger partial charge is 0.485 e. The standard InChI is InChI=1S/C15H13Cl2NO4/c1-10-8-11(17)2-5-14(10)22-12-3-4-13(18(19)20)15(9-12)21-7-6-16/h2-5,8-9H,6-7H2,1H3. The molecule has 0 bridgehead atoms. The van der Waals surface area contributed by atoms with Crippen LogP contribution in [0.4, 0.5) is 5.69 Å². The molecular formula is C15H13Cl2NO4. The molecule has 0 spiro atoms. The molecule has 2 rings (SSSR count). The Morgan fingerprint density at radius 1 is 1.18 bits per heavy atom. The number of halogens is 2. The molecule has 0 unspecified atom stereocenters. The maximum absolute atomic E-state index is 11.0. The highest BCUT2D eigenvalue weighted by Gasteiger charge is 2.16. The quantitative estimate of drug-likeness (QED) is 0.423. The first-order chi connectivity index (χ1) is 10.5. The molecule has 5 nitrogen and oxygen atoms in total. The maximum Gasteiger partial charge on any atom is 0.311 e. The Morgan fingerprint density at radius 3 is 2.59 bits per heavy atom. The van der Waals surface area contributed by atoms with Crippen molar-refractivity contribution in [3.8, 4) is 17.2 Å². The monoisotopic (exact) mass is 341 g/mol. The van der Waals surface area contributed by atoms with Crippen LogP contribution in [0.2, 0.25) is 5.02 Å². The van der Waals surface area contributed by atoms with Gasteiger partial charge in [-0.2, -0.15) is 0 Å². The first kappa shape index (κ1) is 16.4. The Labute approximate surface area is 137 Å². The van der Waals surface area contributed by atoms with E-state index in [0.717, 1.165) is 5.56 Å². The normalized spacial score (nSPS) is 10.3. The van der Waals surface area contributed by atoms with Gasteiger partial charge in [-0.3, -0.25) is 10.1 Å². The van der Waals surface area contributed by atoms with E-state index in [4.69, 9.17) is 32.7 Å². The van der Waals surface area contributed by atoms with Crippen LogP contribution in [0.1, 0.15) is 5.56 Å². The SMILES string of the molecule is Cc1cc(Cl)ccc1Oc1ccc([N+](=O)[O-])c(OCCCl)c1. The Kier molecular flexibility index (Phi) is 5.46. The molecule has 2 aromatic carbocycles. The summed E-state index contributed by atoms with van der Waals surface area (Å²) in [6.45, 7) is 2.03. The molecule has 0 aromatic heterocycles. The highest BCUT2D eigenvalue weighted by atomic mass is 35.5. The van der Waals surface area contributed by atoms with Gasteiger partial charge < -0.3 is 9.47 Å². The fourth-order valence-electron chi connectivity index (χ4n) is 1.83. The van der Waals surface area contributed by atoms with Crippen molar-refractivity contribution in [2.75, 3.05) is 12.5 Å². The lowest BCUT2D eigenvalue weighted by Crippen LogP contribution is -2.01. The average molecular weight is 342 g/mol. The Hall–Kier alpha value is -1.98. The lowest BCUT2D eigenvalue weighted by Gasteiger charge is -2.11. The number of hydrogen-bond acceptors (Lipinski definition) is 4. The molecule has 0 radical (unpaired) electrons. The summed E-state index contributed by atoms with van der Waals surface area (Å²) >= 11 is 11.4. The number of nitrogens with zero attached hydrogens (tertiary/aromatic N) is 1. The molecule has 116 valence electrons. The van der Waals surface area contributed by atoms with Crippen LogP contribution in [0.15, 0.2) is 36.4 Å². The minimum absolute atomic E-state index is 0.120. The summed E-state index contributed by atoms with van der Waals surface area (Å²) in [4.78, 5) is 10.5. The summed E-state index contributed by atoms with van der Waals surface area (Å²) in [6, 6.07) is 9.54. The van der Waals surface area contributed by atoms with Crippen LogP contribution in [0.5, 0.6) is 17.2 Å². The number of ether oxygens (including phenoxy) is 2. The molecular weight excluding hydrogens is 329 g/mol. The van der Waals surface area contributed by atoms with Gasteiger partial charge in [0.2, 0.25) is 5.75 Å². The fraction of sp³-hybridized carbons (Fsp3) is 0.200. The lowest BCUT2D eigenvalue weighted by molar-refractivity contribution is -0.385. The summed E-state index contributed by atoms with van der Waals surface area (Å²) in [7, 11) is 0. The van der Waals surface area contributed by atoms with Crippen molar-refractivity contribution < 1.29 is 14.4 Å². The highest BCUT2D eigenvalue weighted by molar-refractivity contribution is 6.30. The molecule has 2 aromatic rings. The van der Waals surface area contributed by atoms with Crippen LogP contribution in [0.3, 0.4) is 0 Å². The van der Waals surface area contributed by atoms with Gasteiger partial charge in [-0.15, -0.1) is 11.6 Å². The average Bonchev–Trinajstić information content (AvgIpc) is 2.48. The third kappa shape index (κ3) is 4.02. The van der Waals surface area contributed by atoms with Crippen molar-refractivity contribution in [2.24, 2.45) is 0 Å². The van der Waals surface area contributed by atoms with E-state index in [0.29, 0.717) is 16.5 Å². The van der Waals surface area contributed by atoms with Gasteiger partial charge in [0, 0.05) is 17.2 Å². The number of rotatable bonds is 6. The lowest BCUT2D eigenvalue weighted by atomic mass is 10.2. The number of hydrogen-bond donors (Lipinski definition) is 0. The van der Waals surface area contributed by atoms with Gasteiger partial charge in [-0.25, -0.2) is 0 Å². The third-order valence-electron chi connectivity index (χ3n) is 2.83. The summed E-state index contributed by atoms with van der Waals surface area (Å²) in [6.07, 6.45) is 0. The van der Waals surface area contributed by atoms with Gasteiger partial charge in [0.15, 0.2) is 0 Å². The molecule has 0 saturated heterocycles. The van der Waals surface area contributed by atoms with Gasteiger partial charge in [0.25, 0.3) is 0 Å². The molecule has 22 heavy (non-hydrogen) atoms. The Balaban J connectivity index is 2.29. The fourth-order valence-corrected chi connectivity index (χ4v) is 2.13. The summed E-state index contributed by atoms with van der Waals surface area (Å²) in [5.41, 5.74) is 0.722. The van der Waals surface area contributed by atoms with Gasteiger partial charge >= 0.3 is 5.69 Å². The van der Waals surface area contributed by atoms with Crippen LogP contribution in [-0.4, -0.2) is 17.4 Å². The molecule has 0 amide bonds. The van der Waals surface area contributed by atoms with Crippen molar-refractivity contribution in [1.29, 1.82) is 0 Å². The number of nitro benzene ring substituents is 1. The molecule has 0 fully saturated rings. The van der Waals surface area contributed by atoms with Gasteiger partial charge in [0.1, 0.15) is 18.1 Å². The zero-order chi connectivity index (χ0) is 16.1. The van der Waals surface area contributed by atoms with E-state index in [1.54, 1.807) is 18.2 Å². The second-order valence-electron chi connectivity index (χ2n) is 4.44. The van der Waals surface area contributed by atoms with Gasteiger partial charge in [-0.05, 0) is 36.8 Å². The van der Waals surface area contributed by atoms with E-state index in [2.05, 4.69) is 0 Å². The van der Waals surface area contributed by atoms with Crippen LogP contribution in [0.25, 0.3) is 0 Å². The molecule has 0 aliphatic rings. The van der Waals surface area contributed by atoms with Crippen LogP contribution >= 0.6 is 23.2 Å². The van der Waals surface area contributed by atoms with Crippen LogP contribution in [0, 0.1) is 17.0 Å². The molecule has 0 aliphatic heterocycles. The number of aryl methyl sites for hydroxylation is 1.